The van der Waals surface area contributed by atoms with Crippen LogP contribution < -0.4 is 10.2 Å². The van der Waals surface area contributed by atoms with E-state index in [1.54, 1.807) is 0 Å². The molecule has 1 N–H and O–H groups in total. The topological polar surface area (TPSA) is 45.2 Å². The number of para-hydroxylation sites is 2. The molecule has 4 nitrogen and oxygen atoms in total. The minimum atomic E-state index is -0.323. The fourth-order valence-electron chi connectivity index (χ4n) is 3.67. The fraction of sp³-hybridized carbons (Fsp3) is 0.0833. The van der Waals surface area contributed by atoms with Crippen LogP contribution in [0.3, 0.4) is 0 Å². The Labute approximate surface area is 163 Å². The summed E-state index contributed by atoms with van der Waals surface area (Å²) in [7, 11) is 0. The predicted octanol–water partition coefficient (Wildman–Crippen LogP) is 5.31. The molecule has 5 rings (SSSR count). The van der Waals surface area contributed by atoms with Crippen LogP contribution in [-0.2, 0) is 0 Å². The third-order valence-corrected chi connectivity index (χ3v) is 5.13. The molecule has 3 aromatic carbocycles. The summed E-state index contributed by atoms with van der Waals surface area (Å²) < 4.78 is 0. The third kappa shape index (κ3) is 2.70. The Balaban J connectivity index is 1.70. The zero-order chi connectivity index (χ0) is 19.1. The number of hydrogen-bond acceptors (Lipinski definition) is 3. The Kier molecular flexibility index (Phi) is 3.83. The van der Waals surface area contributed by atoms with Gasteiger partial charge < -0.3 is 5.32 Å². The molecule has 4 aromatic rings. The van der Waals surface area contributed by atoms with Crippen LogP contribution in [-0.4, -0.2) is 10.9 Å². The van der Waals surface area contributed by atoms with Crippen molar-refractivity contribution in [2.45, 2.75) is 13.1 Å². The van der Waals surface area contributed by atoms with Gasteiger partial charge in [0, 0.05) is 11.1 Å². The van der Waals surface area contributed by atoms with E-state index in [1.165, 1.54) is 5.56 Å². The molecule has 2 heterocycles. The van der Waals surface area contributed by atoms with Crippen molar-refractivity contribution in [1.82, 2.24) is 4.98 Å². The van der Waals surface area contributed by atoms with E-state index < -0.39 is 0 Å². The third-order valence-electron chi connectivity index (χ3n) is 5.13. The van der Waals surface area contributed by atoms with Crippen LogP contribution in [0.1, 0.15) is 27.7 Å². The van der Waals surface area contributed by atoms with E-state index in [-0.39, 0.29) is 12.1 Å². The lowest BCUT2D eigenvalue weighted by molar-refractivity contribution is 0.0974. The van der Waals surface area contributed by atoms with Crippen molar-refractivity contribution in [3.63, 3.8) is 0 Å². The largest absolute Gasteiger partial charge is 0.345 e. The summed E-state index contributed by atoms with van der Waals surface area (Å²) in [5.74, 6) is 0.574. The highest BCUT2D eigenvalue weighted by atomic mass is 16.2. The first kappa shape index (κ1) is 16.5. The number of carbonyl (C=O) groups excluding carboxylic acids is 1. The van der Waals surface area contributed by atoms with E-state index in [0.717, 1.165) is 22.2 Å². The van der Waals surface area contributed by atoms with Crippen molar-refractivity contribution in [3.05, 3.63) is 102 Å². The molecule has 0 fully saturated rings. The van der Waals surface area contributed by atoms with E-state index in [1.807, 2.05) is 65.6 Å². The summed E-state index contributed by atoms with van der Waals surface area (Å²) in [6.45, 7) is 2.06. The van der Waals surface area contributed by atoms with E-state index in [2.05, 4.69) is 36.5 Å². The first-order valence-corrected chi connectivity index (χ1v) is 9.32. The fourth-order valence-corrected chi connectivity index (χ4v) is 3.67. The molecule has 0 spiro atoms. The van der Waals surface area contributed by atoms with Gasteiger partial charge in [-0.3, -0.25) is 9.69 Å². The molecule has 28 heavy (non-hydrogen) atoms. The Morgan fingerprint density at radius 3 is 2.39 bits per heavy atom. The predicted molar refractivity (Wildman–Crippen MR) is 113 cm³/mol. The van der Waals surface area contributed by atoms with E-state index >= 15 is 0 Å². The van der Waals surface area contributed by atoms with Crippen molar-refractivity contribution in [1.29, 1.82) is 0 Å². The zero-order valence-electron chi connectivity index (χ0n) is 15.5. The molecule has 0 bridgehead atoms. The minimum Gasteiger partial charge on any atom is -0.345 e. The van der Waals surface area contributed by atoms with Gasteiger partial charge >= 0.3 is 0 Å². The number of nitrogens with one attached hydrogen (secondary N) is 1. The maximum Gasteiger partial charge on any atom is 0.264 e. The number of anilines is 2. The summed E-state index contributed by atoms with van der Waals surface area (Å²) in [5, 5.41) is 4.45. The van der Waals surface area contributed by atoms with Gasteiger partial charge in [-0.05, 0) is 36.8 Å². The number of pyridine rings is 1. The summed E-state index contributed by atoms with van der Waals surface area (Å²) in [6, 6.07) is 27.8. The van der Waals surface area contributed by atoms with Crippen LogP contribution in [0.4, 0.5) is 11.5 Å². The number of aryl methyl sites for hydroxylation is 1. The highest BCUT2D eigenvalue weighted by molar-refractivity contribution is 6.13. The quantitative estimate of drug-likeness (QED) is 0.523. The smallest absolute Gasteiger partial charge is 0.264 e. The van der Waals surface area contributed by atoms with Gasteiger partial charge in [0.15, 0.2) is 0 Å². The molecular weight excluding hydrogens is 346 g/mol. The van der Waals surface area contributed by atoms with Gasteiger partial charge in [-0.2, -0.15) is 0 Å². The van der Waals surface area contributed by atoms with E-state index in [4.69, 9.17) is 4.98 Å². The molecule has 0 radical (unpaired) electrons. The summed E-state index contributed by atoms with van der Waals surface area (Å²) in [6.07, 6.45) is -0.323. The highest BCUT2D eigenvalue weighted by Gasteiger charge is 2.35. The Bertz CT molecular complexity index is 1170. The van der Waals surface area contributed by atoms with Gasteiger partial charge in [0.25, 0.3) is 5.91 Å². The van der Waals surface area contributed by atoms with Crippen molar-refractivity contribution in [2.24, 2.45) is 0 Å². The zero-order valence-corrected chi connectivity index (χ0v) is 15.5. The number of benzene rings is 3. The molecule has 1 atom stereocenters. The molecule has 0 unspecified atom stereocenters. The first-order chi connectivity index (χ1) is 13.7. The number of aromatic nitrogens is 1. The van der Waals surface area contributed by atoms with E-state index in [0.29, 0.717) is 11.4 Å². The number of amides is 1. The first-order valence-electron chi connectivity index (χ1n) is 9.32. The maximum atomic E-state index is 13.6. The SMILES string of the molecule is Cc1ccc([C@@H]2Nc3nc4ccccc4cc3C(=O)N2c2ccccc2)cc1. The second-order valence-electron chi connectivity index (χ2n) is 7.05. The number of nitrogens with zero attached hydrogens (tertiary/aromatic N) is 2. The summed E-state index contributed by atoms with van der Waals surface area (Å²) in [5.41, 5.74) is 4.51. The van der Waals surface area contributed by atoms with Gasteiger partial charge in [-0.15, -0.1) is 0 Å². The normalized spacial score (nSPS) is 16.0. The molecule has 136 valence electrons. The van der Waals surface area contributed by atoms with Gasteiger partial charge in [0.05, 0.1) is 11.1 Å². The lowest BCUT2D eigenvalue weighted by Gasteiger charge is -2.37. The summed E-state index contributed by atoms with van der Waals surface area (Å²) in [4.78, 5) is 20.1. The Morgan fingerprint density at radius 2 is 1.61 bits per heavy atom. The number of hydrogen-bond donors (Lipinski definition) is 1. The number of rotatable bonds is 2. The lowest BCUT2D eigenvalue weighted by Crippen LogP contribution is -2.43. The molecule has 0 saturated carbocycles. The van der Waals surface area contributed by atoms with Gasteiger partial charge in [-0.1, -0.05) is 66.2 Å². The highest BCUT2D eigenvalue weighted by Crippen LogP contribution is 2.36. The van der Waals surface area contributed by atoms with Crippen LogP contribution in [0, 0.1) is 6.92 Å². The molecule has 1 aromatic heterocycles. The molecule has 0 saturated heterocycles. The van der Waals surface area contributed by atoms with Gasteiger partial charge in [-0.25, -0.2) is 4.98 Å². The second-order valence-corrected chi connectivity index (χ2v) is 7.05. The average Bonchev–Trinajstić information content (AvgIpc) is 2.74. The standard InChI is InChI=1S/C24H19N3O/c1-16-11-13-17(14-12-16)23-26-22-20(15-18-7-5-6-10-21(18)25-22)24(28)27(23)19-8-3-2-4-9-19/h2-15,23H,1H3,(H,25,26)/t23-/m1/s1. The van der Waals surface area contributed by atoms with Crippen molar-refractivity contribution < 1.29 is 4.79 Å². The van der Waals surface area contributed by atoms with Crippen molar-refractivity contribution in [3.8, 4) is 0 Å². The second kappa shape index (κ2) is 6.50. The lowest BCUT2D eigenvalue weighted by atomic mass is 10.0. The minimum absolute atomic E-state index is 0.0521. The maximum absolute atomic E-state index is 13.6. The molecular formula is C24H19N3O. The van der Waals surface area contributed by atoms with Crippen LogP contribution >= 0.6 is 0 Å². The summed E-state index contributed by atoms with van der Waals surface area (Å²) >= 11 is 0. The average molecular weight is 365 g/mol. The van der Waals surface area contributed by atoms with Crippen LogP contribution in [0.2, 0.25) is 0 Å². The molecule has 4 heteroatoms. The molecule has 1 aliphatic rings. The van der Waals surface area contributed by atoms with Crippen LogP contribution in [0.15, 0.2) is 84.9 Å². The van der Waals surface area contributed by atoms with Crippen LogP contribution in [0.5, 0.6) is 0 Å². The van der Waals surface area contributed by atoms with Crippen molar-refractivity contribution in [2.75, 3.05) is 10.2 Å². The Hall–Kier alpha value is -3.66. The monoisotopic (exact) mass is 365 g/mol. The molecule has 1 amide bonds. The van der Waals surface area contributed by atoms with Gasteiger partial charge in [0.2, 0.25) is 0 Å². The van der Waals surface area contributed by atoms with Crippen molar-refractivity contribution >= 4 is 28.3 Å². The number of carbonyl (C=O) groups is 1. The molecule has 1 aliphatic heterocycles. The Morgan fingerprint density at radius 1 is 0.893 bits per heavy atom. The van der Waals surface area contributed by atoms with Crippen LogP contribution in [0.25, 0.3) is 10.9 Å². The number of fused-ring (bicyclic) bond motifs is 2. The van der Waals surface area contributed by atoms with E-state index in [9.17, 15) is 4.79 Å². The van der Waals surface area contributed by atoms with Gasteiger partial charge in [0.1, 0.15) is 12.0 Å². The molecule has 0 aliphatic carbocycles.